The van der Waals surface area contributed by atoms with Crippen LogP contribution in [-0.2, 0) is 59.1 Å². The molecule has 0 saturated carbocycles. The zero-order valence-electron chi connectivity index (χ0n) is 42.1. The number of ether oxygens (including phenoxy) is 1. The molecule has 1 aliphatic heterocycles. The molecule has 0 aromatic heterocycles. The van der Waals surface area contributed by atoms with Crippen molar-refractivity contribution in [3.05, 3.63) is 71.5 Å². The number of guanidine groups is 1. The number of aliphatic carboxylic acids is 2. The molecule has 7 amide bonds. The fourth-order valence-electron chi connectivity index (χ4n) is 7.33. The molecule has 1 saturated heterocycles. The third-order valence-electron chi connectivity index (χ3n) is 11.3. The van der Waals surface area contributed by atoms with E-state index in [9.17, 15) is 58.2 Å². The number of nitrogens with zero attached hydrogens (tertiary/aromatic N) is 1. The molecule has 13 N–H and O–H groups in total. The summed E-state index contributed by atoms with van der Waals surface area (Å²) in [5.74, 6) is -11.9. The second-order valence-electron chi connectivity index (χ2n) is 18.0. The van der Waals surface area contributed by atoms with Gasteiger partial charge in [-0.1, -0.05) is 87.9 Å². The SMILES string of the molecule is CC=C1NC(=O)CC[C@H](C(=O)O)NC(=O)[C@@H](C)[C@H](C=CC(C)=C[C@H](C)[C@H](Cc2ccccc2)OC(C)=O)NC(=O)[C@H](CCCN=C(N)N)NC(=O)C[C@H](C(=O)O)NC(=O)[C@H](CC(C)C)NC(=O)[C@@H](C)NC1=O. The second-order valence-corrected chi connectivity index (χ2v) is 18.0. The van der Waals surface area contributed by atoms with Crippen molar-refractivity contribution in [3.8, 4) is 0 Å². The van der Waals surface area contributed by atoms with Gasteiger partial charge in [0.1, 0.15) is 42.0 Å². The number of hydrogen-bond acceptors (Lipinski definition) is 12. The van der Waals surface area contributed by atoms with E-state index in [-0.39, 0.29) is 49.3 Å². The fraction of sp³-hybridized carbons (Fsp3) is 0.531. The first-order chi connectivity index (χ1) is 33.8. The zero-order chi connectivity index (χ0) is 54.2. The molecular formula is C49H72N10O13. The Balaban J connectivity index is 2.71. The number of carboxylic acids is 2. The van der Waals surface area contributed by atoms with Crippen molar-refractivity contribution in [2.75, 3.05) is 6.54 Å². The van der Waals surface area contributed by atoms with Gasteiger partial charge < -0.3 is 63.6 Å². The molecule has 1 fully saturated rings. The Morgan fingerprint density at radius 1 is 0.806 bits per heavy atom. The van der Waals surface area contributed by atoms with Gasteiger partial charge in [-0.15, -0.1) is 0 Å². The van der Waals surface area contributed by atoms with Crippen LogP contribution in [0, 0.1) is 17.8 Å². The van der Waals surface area contributed by atoms with Crippen LogP contribution in [0.5, 0.6) is 0 Å². The molecule has 0 radical (unpaired) electrons. The number of carbonyl (C=O) groups is 10. The molecule has 1 aromatic carbocycles. The lowest BCUT2D eigenvalue weighted by Gasteiger charge is -2.27. The molecule has 23 heteroatoms. The summed E-state index contributed by atoms with van der Waals surface area (Å²) in [4.78, 5) is 136. The number of nitrogens with two attached hydrogens (primary N) is 2. The summed E-state index contributed by atoms with van der Waals surface area (Å²) in [6.45, 7) is 12.5. The normalized spacial score (nSPS) is 24.4. The van der Waals surface area contributed by atoms with Crippen molar-refractivity contribution >= 4 is 65.2 Å². The van der Waals surface area contributed by atoms with E-state index in [2.05, 4.69) is 42.2 Å². The minimum atomic E-state index is -1.87. The molecule has 0 spiro atoms. The lowest BCUT2D eigenvalue weighted by atomic mass is 9.94. The third-order valence-corrected chi connectivity index (χ3v) is 11.3. The molecule has 0 aliphatic carbocycles. The summed E-state index contributed by atoms with van der Waals surface area (Å²) in [5, 5.41) is 37.5. The predicted octanol–water partition coefficient (Wildman–Crippen LogP) is 0.337. The Kier molecular flexibility index (Phi) is 25.4. The van der Waals surface area contributed by atoms with E-state index >= 15 is 0 Å². The number of allylic oxidation sites excluding steroid dienone is 3. The first-order valence-electron chi connectivity index (χ1n) is 23.7. The van der Waals surface area contributed by atoms with Crippen molar-refractivity contribution in [3.63, 3.8) is 0 Å². The molecule has 72 heavy (non-hydrogen) atoms. The summed E-state index contributed by atoms with van der Waals surface area (Å²) in [5.41, 5.74) is 12.2. The minimum absolute atomic E-state index is 0.00508. The van der Waals surface area contributed by atoms with E-state index < -0.39 is 127 Å². The van der Waals surface area contributed by atoms with Gasteiger partial charge in [0.2, 0.25) is 35.4 Å². The average Bonchev–Trinajstić information content (AvgIpc) is 3.29. The van der Waals surface area contributed by atoms with Crippen LogP contribution in [0.1, 0.15) is 99.5 Å². The number of carbonyl (C=O) groups excluding carboxylic acids is 8. The van der Waals surface area contributed by atoms with Gasteiger partial charge in [-0.05, 0) is 57.9 Å². The minimum Gasteiger partial charge on any atom is -0.480 e. The van der Waals surface area contributed by atoms with Gasteiger partial charge in [0, 0.05) is 32.2 Å². The monoisotopic (exact) mass is 1010 g/mol. The quantitative estimate of drug-likeness (QED) is 0.0282. The first kappa shape index (κ1) is 60.5. The Morgan fingerprint density at radius 3 is 2.01 bits per heavy atom. The molecular weight excluding hydrogens is 937 g/mol. The molecule has 0 unspecified atom stereocenters. The van der Waals surface area contributed by atoms with Gasteiger partial charge in [0.25, 0.3) is 5.91 Å². The van der Waals surface area contributed by atoms with Crippen molar-refractivity contribution in [1.82, 2.24) is 37.2 Å². The number of amides is 7. The Bertz CT molecular complexity index is 2220. The fourth-order valence-corrected chi connectivity index (χ4v) is 7.33. The van der Waals surface area contributed by atoms with Gasteiger partial charge in [0.05, 0.1) is 18.4 Å². The number of benzene rings is 1. The summed E-state index contributed by atoms with van der Waals surface area (Å²) in [7, 11) is 0. The van der Waals surface area contributed by atoms with Crippen LogP contribution in [-0.4, -0.2) is 124 Å². The maximum atomic E-state index is 14.3. The molecule has 1 aromatic rings. The topological polar surface area (TPSA) is 369 Å². The van der Waals surface area contributed by atoms with Gasteiger partial charge in [0.15, 0.2) is 5.96 Å². The lowest BCUT2D eigenvalue weighted by molar-refractivity contribution is -0.148. The summed E-state index contributed by atoms with van der Waals surface area (Å²) < 4.78 is 5.67. The number of esters is 1. The van der Waals surface area contributed by atoms with Crippen molar-refractivity contribution in [2.24, 2.45) is 34.2 Å². The molecule has 1 aliphatic rings. The van der Waals surface area contributed by atoms with Crippen molar-refractivity contribution in [2.45, 2.75) is 143 Å². The maximum absolute atomic E-state index is 14.3. The van der Waals surface area contributed by atoms with E-state index in [0.717, 1.165) is 5.56 Å². The van der Waals surface area contributed by atoms with Crippen molar-refractivity contribution in [1.29, 1.82) is 0 Å². The summed E-state index contributed by atoms with van der Waals surface area (Å²) in [6, 6.07) is 0.566. The van der Waals surface area contributed by atoms with E-state index in [1.54, 1.807) is 26.8 Å². The van der Waals surface area contributed by atoms with Crippen LogP contribution in [0.3, 0.4) is 0 Å². The van der Waals surface area contributed by atoms with Crippen LogP contribution in [0.4, 0.5) is 0 Å². The highest BCUT2D eigenvalue weighted by Crippen LogP contribution is 2.19. The van der Waals surface area contributed by atoms with Gasteiger partial charge in [-0.25, -0.2) is 9.59 Å². The van der Waals surface area contributed by atoms with E-state index in [0.29, 0.717) is 12.0 Å². The van der Waals surface area contributed by atoms with E-state index in [1.165, 1.54) is 39.8 Å². The van der Waals surface area contributed by atoms with Gasteiger partial charge in [-0.2, -0.15) is 0 Å². The molecule has 2 rings (SSSR count). The van der Waals surface area contributed by atoms with Crippen molar-refractivity contribution < 1.29 is 62.9 Å². The van der Waals surface area contributed by atoms with E-state index in [1.807, 2.05) is 43.3 Å². The van der Waals surface area contributed by atoms with Crippen LogP contribution in [0.25, 0.3) is 0 Å². The average molecular weight is 1010 g/mol. The highest BCUT2D eigenvalue weighted by molar-refractivity contribution is 6.00. The smallest absolute Gasteiger partial charge is 0.326 e. The number of nitrogens with one attached hydrogen (secondary N) is 7. The zero-order valence-corrected chi connectivity index (χ0v) is 42.1. The molecule has 1 heterocycles. The number of rotatable bonds is 15. The number of aliphatic imine (C=N–C) groups is 1. The largest absolute Gasteiger partial charge is 0.480 e. The molecule has 23 nitrogen and oxygen atoms in total. The van der Waals surface area contributed by atoms with Crippen LogP contribution < -0.4 is 48.7 Å². The predicted molar refractivity (Wildman–Crippen MR) is 265 cm³/mol. The summed E-state index contributed by atoms with van der Waals surface area (Å²) >= 11 is 0. The maximum Gasteiger partial charge on any atom is 0.326 e. The standard InChI is InChI=1S/C49H72N10O13/c1-9-33-44(65)53-30(7)43(64)58-37(22-26(2)3)46(67)59-38(48(70)71)25-41(62)55-35(16-13-21-52-49(50)51)45(66)56-34(29(6)42(63)57-36(47(68)69)19-20-40(61)54-33)18-17-27(4)23-28(5)39(72-31(8)60)24-32-14-11-10-12-15-32/h9-12,14-15,17-18,23,26,28-30,34-39H,13,16,19-22,24-25H2,1-8H3,(H,53,65)(H,54,61)(H,55,62)(H,56,66)(H,57,63)(H,58,64)(H,59,67)(H,68,69)(H,70,71)(H4,50,51,52)/t28-,29-,30+,34-,35-,36+,37-,38+,39-/m0/s1. The Hall–Kier alpha value is -7.59. The summed E-state index contributed by atoms with van der Waals surface area (Å²) in [6.07, 6.45) is 4.09. The highest BCUT2D eigenvalue weighted by Gasteiger charge is 2.34. The second kappa shape index (κ2) is 30.2. The number of hydrogen-bond donors (Lipinski definition) is 11. The molecule has 396 valence electrons. The van der Waals surface area contributed by atoms with Crippen LogP contribution in [0.15, 0.2) is 70.9 Å². The third kappa shape index (κ3) is 22.0. The molecule has 0 bridgehead atoms. The first-order valence-corrected chi connectivity index (χ1v) is 23.7. The van der Waals surface area contributed by atoms with Crippen LogP contribution in [0.2, 0.25) is 0 Å². The number of carboxylic acid groups (broad SMARTS) is 2. The van der Waals surface area contributed by atoms with Gasteiger partial charge >= 0.3 is 17.9 Å². The van der Waals surface area contributed by atoms with Crippen LogP contribution >= 0.6 is 0 Å². The highest BCUT2D eigenvalue weighted by atomic mass is 16.5. The van der Waals surface area contributed by atoms with Gasteiger partial charge in [-0.3, -0.25) is 43.3 Å². The Morgan fingerprint density at radius 2 is 1.43 bits per heavy atom. The molecule has 9 atom stereocenters. The van der Waals surface area contributed by atoms with E-state index in [4.69, 9.17) is 16.2 Å². The lowest BCUT2D eigenvalue weighted by Crippen LogP contribution is -2.57. The Labute approximate surface area is 419 Å².